The smallest absolute Gasteiger partial charge is 0.326 e. The van der Waals surface area contributed by atoms with Crippen LogP contribution < -0.4 is 5.32 Å². The number of aryl methyl sites for hydroxylation is 1. The van der Waals surface area contributed by atoms with E-state index in [1.54, 1.807) is 20.8 Å². The number of hydrogen-bond acceptors (Lipinski definition) is 6. The second kappa shape index (κ2) is 8.81. The lowest BCUT2D eigenvalue weighted by molar-refractivity contribution is -0.149. The molecule has 2 heterocycles. The Hall–Kier alpha value is -2.97. The molecule has 2 atom stereocenters. The Bertz CT molecular complexity index is 903. The Morgan fingerprint density at radius 1 is 1.20 bits per heavy atom. The van der Waals surface area contributed by atoms with E-state index in [9.17, 15) is 24.0 Å². The number of nitrogens with zero attached hydrogens (tertiary/aromatic N) is 1. The number of esters is 1. The molecule has 2 rings (SSSR count). The van der Waals surface area contributed by atoms with Crippen LogP contribution in [-0.2, 0) is 14.3 Å². The number of carbonyl (C=O) groups excluding carboxylic acids is 5. The van der Waals surface area contributed by atoms with Crippen LogP contribution in [0.1, 0.15) is 79.1 Å². The number of aromatic amines is 1. The van der Waals surface area contributed by atoms with Gasteiger partial charge in [-0.25, -0.2) is 4.79 Å². The van der Waals surface area contributed by atoms with Crippen LogP contribution in [0.25, 0.3) is 0 Å². The summed E-state index contributed by atoms with van der Waals surface area (Å²) in [4.78, 5) is 65.2. The van der Waals surface area contributed by atoms with Gasteiger partial charge in [-0.15, -0.1) is 0 Å². The van der Waals surface area contributed by atoms with Gasteiger partial charge in [0.15, 0.2) is 11.9 Å². The minimum absolute atomic E-state index is 0.172. The Morgan fingerprint density at radius 3 is 2.37 bits per heavy atom. The molecule has 164 valence electrons. The molecule has 1 aliphatic heterocycles. The molecule has 1 aliphatic rings. The molecule has 9 heteroatoms. The molecule has 0 bridgehead atoms. The number of aromatic nitrogens is 1. The standard InChI is InChI=1S/C21H29N3O6/c1-7-8-9-21(6)19(28)24(20(29)23-21)10-15(26)30-14(5)18(27)17-11(2)16(13(4)25)12(3)22-17/h14,22H,7-10H2,1-6H3,(H,23,29)/t14-,21+/m1/s1. The summed E-state index contributed by atoms with van der Waals surface area (Å²) < 4.78 is 5.17. The summed E-state index contributed by atoms with van der Waals surface area (Å²) in [7, 11) is 0. The molecule has 0 aliphatic carbocycles. The van der Waals surface area contributed by atoms with Gasteiger partial charge in [-0.2, -0.15) is 0 Å². The molecule has 1 fully saturated rings. The Morgan fingerprint density at radius 2 is 1.83 bits per heavy atom. The fourth-order valence-corrected chi connectivity index (χ4v) is 3.74. The lowest BCUT2D eigenvalue weighted by Crippen LogP contribution is -2.44. The molecule has 0 radical (unpaired) electrons. The Balaban J connectivity index is 2.05. The highest BCUT2D eigenvalue weighted by molar-refractivity contribution is 6.09. The maximum absolute atomic E-state index is 12.7. The first-order valence-corrected chi connectivity index (χ1v) is 10.0. The number of Topliss-reactive ketones (excluding diaryl/α,β-unsaturated/α-hetero) is 2. The zero-order chi connectivity index (χ0) is 22.8. The highest BCUT2D eigenvalue weighted by Crippen LogP contribution is 2.24. The highest BCUT2D eigenvalue weighted by atomic mass is 16.5. The van der Waals surface area contributed by atoms with E-state index in [-0.39, 0.29) is 11.5 Å². The molecular weight excluding hydrogens is 390 g/mol. The van der Waals surface area contributed by atoms with Gasteiger partial charge in [0.05, 0.1) is 5.69 Å². The molecule has 1 aromatic heterocycles. The molecule has 9 nitrogen and oxygen atoms in total. The Kier molecular flexibility index (Phi) is 6.84. The molecule has 2 N–H and O–H groups in total. The van der Waals surface area contributed by atoms with Crippen molar-refractivity contribution in [2.75, 3.05) is 6.54 Å². The predicted molar refractivity (Wildman–Crippen MR) is 108 cm³/mol. The number of hydrogen-bond donors (Lipinski definition) is 2. The predicted octanol–water partition coefficient (Wildman–Crippen LogP) is 2.45. The van der Waals surface area contributed by atoms with Crippen molar-refractivity contribution in [1.82, 2.24) is 15.2 Å². The van der Waals surface area contributed by atoms with Gasteiger partial charge >= 0.3 is 12.0 Å². The van der Waals surface area contributed by atoms with E-state index < -0.39 is 41.9 Å². The minimum atomic E-state index is -1.15. The van der Waals surface area contributed by atoms with Gasteiger partial charge in [0, 0.05) is 11.3 Å². The largest absolute Gasteiger partial charge is 0.453 e. The maximum atomic E-state index is 12.7. The number of unbranched alkanes of at least 4 members (excludes halogenated alkanes) is 1. The van der Waals surface area contributed by atoms with Crippen LogP contribution in [0.5, 0.6) is 0 Å². The molecule has 0 unspecified atom stereocenters. The summed E-state index contributed by atoms with van der Waals surface area (Å²) in [5, 5.41) is 2.63. The number of amides is 3. The van der Waals surface area contributed by atoms with Crippen molar-refractivity contribution in [2.45, 2.75) is 72.4 Å². The van der Waals surface area contributed by atoms with E-state index in [1.165, 1.54) is 13.8 Å². The fourth-order valence-electron chi connectivity index (χ4n) is 3.74. The molecular formula is C21H29N3O6. The zero-order valence-electron chi connectivity index (χ0n) is 18.3. The van der Waals surface area contributed by atoms with Crippen molar-refractivity contribution >= 4 is 29.5 Å². The van der Waals surface area contributed by atoms with Crippen molar-refractivity contribution in [3.63, 3.8) is 0 Å². The summed E-state index contributed by atoms with van der Waals surface area (Å²) in [5.74, 6) is -2.03. The lowest BCUT2D eigenvalue weighted by atomic mass is 9.95. The number of ketones is 2. The molecule has 30 heavy (non-hydrogen) atoms. The van der Waals surface area contributed by atoms with Gasteiger partial charge in [0.1, 0.15) is 12.1 Å². The van der Waals surface area contributed by atoms with E-state index >= 15 is 0 Å². The number of ether oxygens (including phenoxy) is 1. The number of H-pyrrole nitrogens is 1. The molecule has 0 saturated carbocycles. The first kappa shape index (κ1) is 23.3. The van der Waals surface area contributed by atoms with Crippen LogP contribution >= 0.6 is 0 Å². The highest BCUT2D eigenvalue weighted by Gasteiger charge is 2.48. The van der Waals surface area contributed by atoms with E-state index in [2.05, 4.69) is 10.3 Å². The van der Waals surface area contributed by atoms with Gasteiger partial charge in [0.25, 0.3) is 5.91 Å². The first-order chi connectivity index (χ1) is 13.9. The monoisotopic (exact) mass is 419 g/mol. The van der Waals surface area contributed by atoms with Crippen LogP contribution in [0.3, 0.4) is 0 Å². The fraction of sp³-hybridized carbons (Fsp3) is 0.571. The van der Waals surface area contributed by atoms with Crippen LogP contribution in [-0.4, -0.2) is 57.5 Å². The number of rotatable bonds is 9. The third kappa shape index (κ3) is 4.44. The van der Waals surface area contributed by atoms with Crippen LogP contribution in [0.15, 0.2) is 0 Å². The van der Waals surface area contributed by atoms with E-state index in [0.717, 1.165) is 17.7 Å². The average Bonchev–Trinajstić information content (AvgIpc) is 3.07. The van der Waals surface area contributed by atoms with Gasteiger partial charge < -0.3 is 15.0 Å². The zero-order valence-corrected chi connectivity index (χ0v) is 18.3. The van der Waals surface area contributed by atoms with Crippen LogP contribution in [0.2, 0.25) is 0 Å². The van der Waals surface area contributed by atoms with Gasteiger partial charge in [-0.05, 0) is 46.6 Å². The topological polar surface area (TPSA) is 126 Å². The third-order valence-corrected chi connectivity index (χ3v) is 5.38. The van der Waals surface area contributed by atoms with Crippen molar-refractivity contribution in [1.29, 1.82) is 0 Å². The molecule has 1 aromatic rings. The normalized spacial score (nSPS) is 19.6. The molecule has 1 saturated heterocycles. The van der Waals surface area contributed by atoms with Crippen molar-refractivity contribution in [2.24, 2.45) is 0 Å². The van der Waals surface area contributed by atoms with E-state index in [1.807, 2.05) is 6.92 Å². The second-order valence-corrected chi connectivity index (χ2v) is 7.93. The third-order valence-electron chi connectivity index (χ3n) is 5.38. The van der Waals surface area contributed by atoms with E-state index in [0.29, 0.717) is 23.2 Å². The number of urea groups is 1. The minimum Gasteiger partial charge on any atom is -0.453 e. The van der Waals surface area contributed by atoms with Crippen molar-refractivity contribution in [3.8, 4) is 0 Å². The molecule has 0 aromatic carbocycles. The Labute approximate surface area is 175 Å². The number of carbonyl (C=O) groups is 5. The summed E-state index contributed by atoms with van der Waals surface area (Å²) in [6.45, 7) is 9.17. The number of nitrogens with one attached hydrogen (secondary N) is 2. The van der Waals surface area contributed by atoms with Crippen molar-refractivity contribution < 1.29 is 28.7 Å². The summed E-state index contributed by atoms with van der Waals surface area (Å²) in [5.41, 5.74) is 0.639. The first-order valence-electron chi connectivity index (χ1n) is 10.0. The van der Waals surface area contributed by atoms with Gasteiger partial charge in [0.2, 0.25) is 5.78 Å². The van der Waals surface area contributed by atoms with E-state index in [4.69, 9.17) is 4.74 Å². The van der Waals surface area contributed by atoms with Gasteiger partial charge in [-0.1, -0.05) is 19.8 Å². The quantitative estimate of drug-likeness (QED) is 0.360. The average molecular weight is 419 g/mol. The maximum Gasteiger partial charge on any atom is 0.326 e. The van der Waals surface area contributed by atoms with Gasteiger partial charge in [-0.3, -0.25) is 24.1 Å². The van der Waals surface area contributed by atoms with Crippen LogP contribution in [0, 0.1) is 13.8 Å². The lowest BCUT2D eigenvalue weighted by Gasteiger charge is -2.21. The summed E-state index contributed by atoms with van der Waals surface area (Å²) in [6.07, 6.45) is 0.937. The SMILES string of the molecule is CCCC[C@]1(C)NC(=O)N(CC(=O)O[C@H](C)C(=O)c2[nH]c(C)c(C(C)=O)c2C)C1=O. The van der Waals surface area contributed by atoms with Crippen molar-refractivity contribution in [3.05, 3.63) is 22.5 Å². The summed E-state index contributed by atoms with van der Waals surface area (Å²) in [6, 6.07) is -0.656. The number of imide groups is 1. The molecule has 0 spiro atoms. The van der Waals surface area contributed by atoms with Crippen LogP contribution in [0.4, 0.5) is 4.79 Å². The second-order valence-electron chi connectivity index (χ2n) is 7.93. The molecule has 3 amide bonds. The summed E-state index contributed by atoms with van der Waals surface area (Å²) >= 11 is 0.